The third-order valence-corrected chi connectivity index (χ3v) is 2.52. The Balaban J connectivity index is 2.18. The van der Waals surface area contributed by atoms with Crippen LogP contribution in [0.3, 0.4) is 0 Å². The minimum absolute atomic E-state index is 0.509. The van der Waals surface area contributed by atoms with E-state index in [0.29, 0.717) is 6.04 Å². The SMILES string of the molecule is Cc1nc(C)n([C@H]2CCCNC2)n1. The molecule has 0 unspecified atom stereocenters. The van der Waals surface area contributed by atoms with E-state index < -0.39 is 0 Å². The summed E-state index contributed by atoms with van der Waals surface area (Å²) in [5, 5.41) is 7.78. The molecule has 13 heavy (non-hydrogen) atoms. The quantitative estimate of drug-likeness (QED) is 0.695. The number of rotatable bonds is 1. The number of piperidine rings is 1. The Morgan fingerprint density at radius 1 is 1.46 bits per heavy atom. The van der Waals surface area contributed by atoms with Gasteiger partial charge in [0.15, 0.2) is 0 Å². The number of aromatic nitrogens is 3. The van der Waals surface area contributed by atoms with Crippen molar-refractivity contribution in [3.8, 4) is 0 Å². The number of nitrogens with one attached hydrogen (secondary N) is 1. The minimum Gasteiger partial charge on any atom is -0.315 e. The maximum absolute atomic E-state index is 4.40. The van der Waals surface area contributed by atoms with E-state index in [1.54, 1.807) is 0 Å². The van der Waals surface area contributed by atoms with E-state index in [1.807, 2.05) is 13.8 Å². The summed E-state index contributed by atoms with van der Waals surface area (Å²) in [6, 6.07) is 0.509. The summed E-state index contributed by atoms with van der Waals surface area (Å²) in [5.41, 5.74) is 0. The molecule has 1 atom stereocenters. The van der Waals surface area contributed by atoms with Crippen LogP contribution in [0.4, 0.5) is 0 Å². The van der Waals surface area contributed by atoms with Crippen LogP contribution in [-0.4, -0.2) is 27.9 Å². The average molecular weight is 180 g/mol. The second-order valence-electron chi connectivity index (χ2n) is 3.65. The van der Waals surface area contributed by atoms with E-state index in [9.17, 15) is 0 Å². The number of aryl methyl sites for hydroxylation is 2. The number of hydrogen-bond acceptors (Lipinski definition) is 3. The fourth-order valence-electron chi connectivity index (χ4n) is 1.92. The van der Waals surface area contributed by atoms with Crippen LogP contribution < -0.4 is 5.32 Å². The first-order valence-corrected chi connectivity index (χ1v) is 4.88. The lowest BCUT2D eigenvalue weighted by molar-refractivity contribution is 0.340. The van der Waals surface area contributed by atoms with Gasteiger partial charge in [-0.25, -0.2) is 9.67 Å². The van der Waals surface area contributed by atoms with Crippen molar-refractivity contribution in [3.05, 3.63) is 11.6 Å². The highest BCUT2D eigenvalue weighted by atomic mass is 15.4. The topological polar surface area (TPSA) is 42.7 Å². The van der Waals surface area contributed by atoms with Gasteiger partial charge in [0.2, 0.25) is 0 Å². The molecule has 0 spiro atoms. The van der Waals surface area contributed by atoms with Crippen LogP contribution in [0, 0.1) is 13.8 Å². The maximum Gasteiger partial charge on any atom is 0.147 e. The van der Waals surface area contributed by atoms with Crippen LogP contribution in [0.5, 0.6) is 0 Å². The van der Waals surface area contributed by atoms with Gasteiger partial charge in [0.25, 0.3) is 0 Å². The molecule has 4 nitrogen and oxygen atoms in total. The molecule has 0 bridgehead atoms. The van der Waals surface area contributed by atoms with Gasteiger partial charge in [-0.1, -0.05) is 0 Å². The lowest BCUT2D eigenvalue weighted by Crippen LogP contribution is -2.32. The third kappa shape index (κ3) is 1.72. The summed E-state index contributed by atoms with van der Waals surface area (Å²) in [6.45, 7) is 6.14. The van der Waals surface area contributed by atoms with E-state index in [4.69, 9.17) is 0 Å². The van der Waals surface area contributed by atoms with E-state index in [1.165, 1.54) is 12.8 Å². The number of hydrogen-bond donors (Lipinski definition) is 1. The van der Waals surface area contributed by atoms with Gasteiger partial charge in [0, 0.05) is 6.54 Å². The molecule has 0 amide bonds. The second kappa shape index (κ2) is 3.46. The summed E-state index contributed by atoms with van der Waals surface area (Å²) in [5.74, 6) is 1.91. The third-order valence-electron chi connectivity index (χ3n) is 2.52. The smallest absolute Gasteiger partial charge is 0.147 e. The second-order valence-corrected chi connectivity index (χ2v) is 3.65. The van der Waals surface area contributed by atoms with Gasteiger partial charge in [-0.2, -0.15) is 5.10 Å². The molecule has 4 heteroatoms. The van der Waals surface area contributed by atoms with Gasteiger partial charge in [0.05, 0.1) is 6.04 Å². The van der Waals surface area contributed by atoms with Gasteiger partial charge in [0.1, 0.15) is 11.6 Å². The van der Waals surface area contributed by atoms with Crippen molar-refractivity contribution in [3.63, 3.8) is 0 Å². The molecule has 1 saturated heterocycles. The van der Waals surface area contributed by atoms with E-state index in [2.05, 4.69) is 20.1 Å². The van der Waals surface area contributed by atoms with Gasteiger partial charge >= 0.3 is 0 Å². The summed E-state index contributed by atoms with van der Waals surface area (Å²) >= 11 is 0. The fraction of sp³-hybridized carbons (Fsp3) is 0.778. The van der Waals surface area contributed by atoms with Crippen LogP contribution >= 0.6 is 0 Å². The minimum atomic E-state index is 0.509. The van der Waals surface area contributed by atoms with Crippen molar-refractivity contribution in [1.82, 2.24) is 20.1 Å². The van der Waals surface area contributed by atoms with Gasteiger partial charge < -0.3 is 5.32 Å². The summed E-state index contributed by atoms with van der Waals surface area (Å²) in [6.07, 6.45) is 2.46. The van der Waals surface area contributed by atoms with E-state index in [0.717, 1.165) is 24.7 Å². The van der Waals surface area contributed by atoms with Crippen LogP contribution in [0.2, 0.25) is 0 Å². The predicted molar refractivity (Wildman–Crippen MR) is 50.6 cm³/mol. The van der Waals surface area contributed by atoms with Gasteiger partial charge in [-0.3, -0.25) is 0 Å². The summed E-state index contributed by atoms with van der Waals surface area (Å²) in [4.78, 5) is 4.31. The molecule has 1 N–H and O–H groups in total. The van der Waals surface area contributed by atoms with Gasteiger partial charge in [-0.15, -0.1) is 0 Å². The highest BCUT2D eigenvalue weighted by molar-refractivity contribution is 4.91. The van der Waals surface area contributed by atoms with Crippen LogP contribution in [0.25, 0.3) is 0 Å². The molecule has 1 aliphatic rings. The highest BCUT2D eigenvalue weighted by Gasteiger charge is 2.17. The van der Waals surface area contributed by atoms with Crippen molar-refractivity contribution in [2.45, 2.75) is 32.7 Å². The standard InChI is InChI=1S/C9H16N4/c1-7-11-8(2)13(12-7)9-4-3-5-10-6-9/h9-10H,3-6H2,1-2H3/t9-/m0/s1. The summed E-state index contributed by atoms with van der Waals surface area (Å²) < 4.78 is 2.06. The summed E-state index contributed by atoms with van der Waals surface area (Å²) in [7, 11) is 0. The van der Waals surface area contributed by atoms with Gasteiger partial charge in [-0.05, 0) is 33.2 Å². The molecular formula is C9H16N4. The van der Waals surface area contributed by atoms with Crippen molar-refractivity contribution in [2.75, 3.05) is 13.1 Å². The Bertz CT molecular complexity index is 286. The van der Waals surface area contributed by atoms with Crippen LogP contribution in [0.15, 0.2) is 0 Å². The van der Waals surface area contributed by atoms with Crippen LogP contribution in [0.1, 0.15) is 30.5 Å². The fourth-order valence-corrected chi connectivity index (χ4v) is 1.92. The first-order chi connectivity index (χ1) is 6.27. The first kappa shape index (κ1) is 8.69. The van der Waals surface area contributed by atoms with Crippen molar-refractivity contribution in [2.24, 2.45) is 0 Å². The van der Waals surface area contributed by atoms with E-state index >= 15 is 0 Å². The normalized spacial score (nSPS) is 23.4. The molecule has 2 heterocycles. The lowest BCUT2D eigenvalue weighted by atomic mass is 10.1. The first-order valence-electron chi connectivity index (χ1n) is 4.88. The lowest BCUT2D eigenvalue weighted by Gasteiger charge is -2.23. The molecule has 0 aromatic carbocycles. The Kier molecular flexibility index (Phi) is 2.31. The molecule has 0 radical (unpaired) electrons. The zero-order valence-corrected chi connectivity index (χ0v) is 8.25. The Morgan fingerprint density at radius 2 is 2.31 bits per heavy atom. The molecule has 1 aromatic rings. The predicted octanol–water partition coefficient (Wildman–Crippen LogP) is 0.819. The zero-order valence-electron chi connectivity index (χ0n) is 8.25. The molecule has 1 aliphatic heterocycles. The highest BCUT2D eigenvalue weighted by Crippen LogP contribution is 2.16. The van der Waals surface area contributed by atoms with E-state index in [-0.39, 0.29) is 0 Å². The average Bonchev–Trinajstić information content (AvgIpc) is 2.47. The Hall–Kier alpha value is -0.900. The monoisotopic (exact) mass is 180 g/mol. The molecule has 72 valence electrons. The Morgan fingerprint density at radius 3 is 2.85 bits per heavy atom. The molecule has 0 saturated carbocycles. The maximum atomic E-state index is 4.40. The Labute approximate surface area is 78.4 Å². The zero-order chi connectivity index (χ0) is 9.26. The van der Waals surface area contributed by atoms with Crippen molar-refractivity contribution < 1.29 is 0 Å². The number of nitrogens with zero attached hydrogens (tertiary/aromatic N) is 3. The van der Waals surface area contributed by atoms with Crippen LogP contribution in [-0.2, 0) is 0 Å². The molecule has 1 aromatic heterocycles. The molecular weight excluding hydrogens is 164 g/mol. The molecule has 2 rings (SSSR count). The molecule has 1 fully saturated rings. The van der Waals surface area contributed by atoms with Crippen molar-refractivity contribution >= 4 is 0 Å². The largest absolute Gasteiger partial charge is 0.315 e. The molecule has 0 aliphatic carbocycles. The van der Waals surface area contributed by atoms with Crippen molar-refractivity contribution in [1.29, 1.82) is 0 Å².